The van der Waals surface area contributed by atoms with E-state index in [4.69, 9.17) is 0 Å². The van der Waals surface area contributed by atoms with Crippen molar-refractivity contribution in [3.63, 3.8) is 0 Å². The van der Waals surface area contributed by atoms with Gasteiger partial charge in [0.05, 0.1) is 17.0 Å². The highest BCUT2D eigenvalue weighted by Crippen LogP contribution is 2.23. The minimum absolute atomic E-state index is 0.177. The van der Waals surface area contributed by atoms with Crippen molar-refractivity contribution >= 4 is 33.5 Å². The highest BCUT2D eigenvalue weighted by Gasteiger charge is 2.33. The molecule has 1 fully saturated rings. The SMILES string of the molecule is Cc1ccc(C=NNC(=O)C2CCCN(S(=O)(=O)c3ccccc3)C2)s1. The van der Waals surface area contributed by atoms with Crippen LogP contribution >= 0.6 is 11.3 Å². The van der Waals surface area contributed by atoms with Crippen LogP contribution in [-0.4, -0.2) is 37.9 Å². The van der Waals surface area contributed by atoms with E-state index in [1.165, 1.54) is 9.18 Å². The minimum atomic E-state index is -3.57. The number of amides is 1. The summed E-state index contributed by atoms with van der Waals surface area (Å²) in [6.07, 6.45) is 2.91. The van der Waals surface area contributed by atoms with Crippen LogP contribution in [0, 0.1) is 12.8 Å². The van der Waals surface area contributed by atoms with E-state index >= 15 is 0 Å². The predicted molar refractivity (Wildman–Crippen MR) is 103 cm³/mol. The first-order valence-corrected chi connectivity index (χ1v) is 10.7. The normalized spacial score (nSPS) is 18.9. The van der Waals surface area contributed by atoms with Crippen molar-refractivity contribution in [1.82, 2.24) is 9.73 Å². The number of nitrogens with zero attached hydrogens (tertiary/aromatic N) is 2. The maximum absolute atomic E-state index is 12.7. The summed E-state index contributed by atoms with van der Waals surface area (Å²) in [6.45, 7) is 2.61. The Morgan fingerprint density at radius 1 is 1.27 bits per heavy atom. The number of carbonyl (C=O) groups is 1. The average molecular weight is 392 g/mol. The van der Waals surface area contributed by atoms with Gasteiger partial charge in [-0.25, -0.2) is 13.8 Å². The fourth-order valence-electron chi connectivity index (χ4n) is 2.89. The number of hydrogen-bond donors (Lipinski definition) is 1. The number of piperidine rings is 1. The summed E-state index contributed by atoms with van der Waals surface area (Å²) < 4.78 is 26.8. The monoisotopic (exact) mass is 391 g/mol. The van der Waals surface area contributed by atoms with Crippen LogP contribution in [0.3, 0.4) is 0 Å². The smallest absolute Gasteiger partial charge is 0.244 e. The van der Waals surface area contributed by atoms with Crippen molar-refractivity contribution in [2.24, 2.45) is 11.0 Å². The molecule has 2 aromatic rings. The molecule has 1 aliphatic heterocycles. The van der Waals surface area contributed by atoms with E-state index in [1.807, 2.05) is 19.1 Å². The number of benzene rings is 1. The van der Waals surface area contributed by atoms with Crippen LogP contribution in [0.5, 0.6) is 0 Å². The lowest BCUT2D eigenvalue weighted by molar-refractivity contribution is -0.126. The van der Waals surface area contributed by atoms with Crippen molar-refractivity contribution in [1.29, 1.82) is 0 Å². The second-order valence-corrected chi connectivity index (χ2v) is 9.46. The van der Waals surface area contributed by atoms with Gasteiger partial charge in [0.2, 0.25) is 15.9 Å². The summed E-state index contributed by atoms with van der Waals surface area (Å²) >= 11 is 1.59. The van der Waals surface area contributed by atoms with Crippen LogP contribution in [0.4, 0.5) is 0 Å². The maximum Gasteiger partial charge on any atom is 0.244 e. The Bertz CT molecular complexity index is 891. The van der Waals surface area contributed by atoms with Crippen molar-refractivity contribution < 1.29 is 13.2 Å². The molecule has 1 atom stereocenters. The molecule has 0 saturated carbocycles. The molecular weight excluding hydrogens is 370 g/mol. The molecule has 0 bridgehead atoms. The van der Waals surface area contributed by atoms with Crippen molar-refractivity contribution in [2.45, 2.75) is 24.7 Å². The Morgan fingerprint density at radius 2 is 2.04 bits per heavy atom. The Hall–Kier alpha value is -2.03. The second kappa shape index (κ2) is 8.11. The molecule has 138 valence electrons. The molecule has 0 radical (unpaired) electrons. The van der Waals surface area contributed by atoms with Crippen LogP contribution < -0.4 is 5.43 Å². The second-order valence-electron chi connectivity index (χ2n) is 6.20. The first kappa shape index (κ1) is 18.8. The molecule has 8 heteroatoms. The van der Waals surface area contributed by atoms with Gasteiger partial charge in [-0.2, -0.15) is 9.41 Å². The highest BCUT2D eigenvalue weighted by atomic mass is 32.2. The molecule has 6 nitrogen and oxygen atoms in total. The molecule has 3 rings (SSSR count). The molecule has 26 heavy (non-hydrogen) atoms. The number of hydrogen-bond acceptors (Lipinski definition) is 5. The summed E-state index contributed by atoms with van der Waals surface area (Å²) in [5.74, 6) is -0.646. The van der Waals surface area contributed by atoms with E-state index in [0.717, 1.165) is 4.88 Å². The van der Waals surface area contributed by atoms with Crippen LogP contribution in [0.15, 0.2) is 52.5 Å². The fraction of sp³-hybridized carbons (Fsp3) is 0.333. The molecule has 1 saturated heterocycles. The van der Waals surface area contributed by atoms with Crippen LogP contribution in [0.25, 0.3) is 0 Å². The third-order valence-corrected chi connectivity index (χ3v) is 7.08. The van der Waals surface area contributed by atoms with E-state index in [1.54, 1.807) is 47.9 Å². The van der Waals surface area contributed by atoms with Gasteiger partial charge in [0.1, 0.15) is 0 Å². The van der Waals surface area contributed by atoms with Gasteiger partial charge in [-0.3, -0.25) is 4.79 Å². The quantitative estimate of drug-likeness (QED) is 0.629. The largest absolute Gasteiger partial charge is 0.273 e. The highest BCUT2D eigenvalue weighted by molar-refractivity contribution is 7.89. The summed E-state index contributed by atoms with van der Waals surface area (Å²) in [4.78, 5) is 14.7. The molecule has 1 amide bonds. The molecule has 1 aromatic heterocycles. The summed E-state index contributed by atoms with van der Waals surface area (Å²) in [7, 11) is -3.57. The van der Waals surface area contributed by atoms with E-state index in [0.29, 0.717) is 19.4 Å². The van der Waals surface area contributed by atoms with Gasteiger partial charge in [0.25, 0.3) is 0 Å². The molecule has 2 heterocycles. The van der Waals surface area contributed by atoms with E-state index < -0.39 is 15.9 Å². The first-order chi connectivity index (χ1) is 12.5. The summed E-state index contributed by atoms with van der Waals surface area (Å²) in [6, 6.07) is 12.2. The van der Waals surface area contributed by atoms with Crippen LogP contribution in [-0.2, 0) is 14.8 Å². The average Bonchev–Trinajstić information content (AvgIpc) is 3.07. The third-order valence-electron chi connectivity index (χ3n) is 4.26. The van der Waals surface area contributed by atoms with Gasteiger partial charge in [0.15, 0.2) is 0 Å². The molecule has 1 aromatic carbocycles. The van der Waals surface area contributed by atoms with Gasteiger partial charge >= 0.3 is 0 Å². The maximum atomic E-state index is 12.7. The van der Waals surface area contributed by atoms with E-state index in [-0.39, 0.29) is 17.3 Å². The summed E-state index contributed by atoms with van der Waals surface area (Å²) in [5, 5.41) is 3.99. The standard InChI is InChI=1S/C18H21N3O3S2/c1-14-9-10-16(25-14)12-19-20-18(22)15-6-5-11-21(13-15)26(23,24)17-7-3-2-4-8-17/h2-4,7-10,12,15H,5-6,11,13H2,1H3,(H,20,22). The molecule has 0 spiro atoms. The topological polar surface area (TPSA) is 78.8 Å². The van der Waals surface area contributed by atoms with Gasteiger partial charge < -0.3 is 0 Å². The zero-order valence-corrected chi connectivity index (χ0v) is 16.1. The molecule has 1 unspecified atom stereocenters. The number of sulfonamides is 1. The van der Waals surface area contributed by atoms with Gasteiger partial charge in [-0.1, -0.05) is 18.2 Å². The van der Waals surface area contributed by atoms with Gasteiger partial charge in [-0.15, -0.1) is 11.3 Å². The third kappa shape index (κ3) is 4.38. The zero-order chi connectivity index (χ0) is 18.6. The van der Waals surface area contributed by atoms with Crippen LogP contribution in [0.2, 0.25) is 0 Å². The van der Waals surface area contributed by atoms with Crippen molar-refractivity contribution in [3.8, 4) is 0 Å². The Balaban J connectivity index is 1.62. The number of nitrogens with one attached hydrogen (secondary N) is 1. The molecule has 0 aliphatic carbocycles. The van der Waals surface area contributed by atoms with Crippen molar-refractivity contribution in [2.75, 3.05) is 13.1 Å². The first-order valence-electron chi connectivity index (χ1n) is 8.41. The zero-order valence-electron chi connectivity index (χ0n) is 14.5. The number of thiophene rings is 1. The Morgan fingerprint density at radius 3 is 2.73 bits per heavy atom. The van der Waals surface area contributed by atoms with Crippen LogP contribution in [0.1, 0.15) is 22.6 Å². The van der Waals surface area contributed by atoms with Gasteiger partial charge in [-0.05, 0) is 44.0 Å². The number of hydrazone groups is 1. The molecular formula is C18H21N3O3S2. The molecule has 1 aliphatic rings. The number of carbonyl (C=O) groups excluding carboxylic acids is 1. The van der Waals surface area contributed by atoms with E-state index in [2.05, 4.69) is 10.5 Å². The fourth-order valence-corrected chi connectivity index (χ4v) is 5.18. The Kier molecular flexibility index (Phi) is 5.85. The van der Waals surface area contributed by atoms with Gasteiger partial charge in [0, 0.05) is 22.8 Å². The molecule has 1 N–H and O–H groups in total. The summed E-state index contributed by atoms with van der Waals surface area (Å²) in [5.41, 5.74) is 2.54. The van der Waals surface area contributed by atoms with Crippen molar-refractivity contribution in [3.05, 3.63) is 52.2 Å². The van der Waals surface area contributed by atoms with E-state index in [9.17, 15) is 13.2 Å². The minimum Gasteiger partial charge on any atom is -0.273 e. The Labute approximate surface area is 157 Å². The predicted octanol–water partition coefficient (Wildman–Crippen LogP) is 2.61. The number of rotatable bonds is 5. The lowest BCUT2D eigenvalue weighted by atomic mass is 9.99. The number of aryl methyl sites for hydroxylation is 1. The lowest BCUT2D eigenvalue weighted by Gasteiger charge is -2.30. The lowest BCUT2D eigenvalue weighted by Crippen LogP contribution is -2.44.